The van der Waals surface area contributed by atoms with E-state index in [-0.39, 0.29) is 11.6 Å². The second-order valence-corrected chi connectivity index (χ2v) is 6.01. The number of aliphatic hydroxyl groups excluding tert-OH is 1. The molecule has 3 N–H and O–H groups in total. The van der Waals surface area contributed by atoms with Gasteiger partial charge in [-0.1, -0.05) is 35.9 Å². The third-order valence-corrected chi connectivity index (χ3v) is 3.78. The van der Waals surface area contributed by atoms with Crippen molar-refractivity contribution >= 4 is 23.5 Å². The minimum absolute atomic E-state index is 0.215. The second kappa shape index (κ2) is 7.95. The van der Waals surface area contributed by atoms with Gasteiger partial charge >= 0.3 is 5.97 Å². The number of aromatic carboxylic acids is 1. The summed E-state index contributed by atoms with van der Waals surface area (Å²) in [7, 11) is 0. The van der Waals surface area contributed by atoms with Gasteiger partial charge in [-0.25, -0.2) is 4.79 Å². The van der Waals surface area contributed by atoms with Crippen molar-refractivity contribution in [3.63, 3.8) is 0 Å². The molecule has 0 radical (unpaired) electrons. The van der Waals surface area contributed by atoms with E-state index in [1.165, 1.54) is 12.1 Å². The molecule has 0 saturated heterocycles. The SMILES string of the molecule is CC(Cc1ccc(C(=O)O)cc1)NC(=O)C(O)c1cccc(Cl)c1. The van der Waals surface area contributed by atoms with E-state index in [9.17, 15) is 14.7 Å². The minimum Gasteiger partial charge on any atom is -0.478 e. The van der Waals surface area contributed by atoms with E-state index < -0.39 is 18.0 Å². The number of rotatable bonds is 6. The molecule has 0 spiro atoms. The maximum Gasteiger partial charge on any atom is 0.335 e. The molecule has 0 fully saturated rings. The number of carbonyl (C=O) groups excluding carboxylic acids is 1. The fourth-order valence-electron chi connectivity index (χ4n) is 2.34. The Kier molecular flexibility index (Phi) is 5.95. The first-order valence-corrected chi connectivity index (χ1v) is 7.80. The molecule has 2 atom stereocenters. The smallest absolute Gasteiger partial charge is 0.335 e. The molecule has 0 saturated carbocycles. The Labute approximate surface area is 144 Å². The molecular weight excluding hydrogens is 330 g/mol. The van der Waals surface area contributed by atoms with Crippen molar-refractivity contribution in [1.82, 2.24) is 5.32 Å². The van der Waals surface area contributed by atoms with Crippen LogP contribution in [0.25, 0.3) is 0 Å². The highest BCUT2D eigenvalue weighted by Crippen LogP contribution is 2.18. The maximum absolute atomic E-state index is 12.1. The quantitative estimate of drug-likeness (QED) is 0.750. The van der Waals surface area contributed by atoms with Crippen LogP contribution in [-0.4, -0.2) is 28.1 Å². The van der Waals surface area contributed by atoms with Crippen molar-refractivity contribution in [2.75, 3.05) is 0 Å². The summed E-state index contributed by atoms with van der Waals surface area (Å²) in [6, 6.07) is 12.7. The van der Waals surface area contributed by atoms with E-state index in [1.54, 1.807) is 36.4 Å². The van der Waals surface area contributed by atoms with Crippen molar-refractivity contribution in [3.05, 3.63) is 70.2 Å². The molecule has 2 rings (SSSR count). The number of carboxylic acid groups (broad SMARTS) is 1. The summed E-state index contributed by atoms with van der Waals surface area (Å²) in [5, 5.41) is 22.1. The summed E-state index contributed by atoms with van der Waals surface area (Å²) < 4.78 is 0. The van der Waals surface area contributed by atoms with Crippen LogP contribution in [0.2, 0.25) is 5.02 Å². The van der Waals surface area contributed by atoms with E-state index in [0.29, 0.717) is 17.0 Å². The summed E-state index contributed by atoms with van der Waals surface area (Å²) in [6.45, 7) is 1.81. The van der Waals surface area contributed by atoms with Crippen LogP contribution in [0, 0.1) is 0 Å². The van der Waals surface area contributed by atoms with Crippen molar-refractivity contribution < 1.29 is 19.8 Å². The predicted octanol–water partition coefficient (Wildman–Crippen LogP) is 2.82. The first kappa shape index (κ1) is 18.0. The highest BCUT2D eigenvalue weighted by Gasteiger charge is 2.19. The van der Waals surface area contributed by atoms with E-state index >= 15 is 0 Å². The molecular formula is C18H18ClNO4. The molecule has 2 aromatic carbocycles. The molecule has 126 valence electrons. The fraction of sp³-hybridized carbons (Fsp3) is 0.222. The van der Waals surface area contributed by atoms with Gasteiger partial charge in [-0.2, -0.15) is 0 Å². The zero-order chi connectivity index (χ0) is 17.7. The minimum atomic E-state index is -1.29. The molecule has 6 heteroatoms. The van der Waals surface area contributed by atoms with Crippen molar-refractivity contribution in [2.24, 2.45) is 0 Å². The number of carbonyl (C=O) groups is 2. The molecule has 5 nitrogen and oxygen atoms in total. The predicted molar refractivity (Wildman–Crippen MR) is 91.1 cm³/mol. The number of benzene rings is 2. The monoisotopic (exact) mass is 347 g/mol. The topological polar surface area (TPSA) is 86.6 Å². The van der Waals surface area contributed by atoms with E-state index in [2.05, 4.69) is 5.32 Å². The van der Waals surface area contributed by atoms with Gasteiger partial charge in [0, 0.05) is 11.1 Å². The maximum atomic E-state index is 12.1. The Hall–Kier alpha value is -2.37. The molecule has 2 aromatic rings. The van der Waals surface area contributed by atoms with Gasteiger partial charge in [0.1, 0.15) is 0 Å². The lowest BCUT2D eigenvalue weighted by atomic mass is 10.0. The Morgan fingerprint density at radius 2 is 1.83 bits per heavy atom. The molecule has 0 aliphatic carbocycles. The Morgan fingerprint density at radius 3 is 2.42 bits per heavy atom. The van der Waals surface area contributed by atoms with Crippen LogP contribution < -0.4 is 5.32 Å². The number of nitrogens with one attached hydrogen (secondary N) is 1. The molecule has 0 aliphatic rings. The number of aliphatic hydroxyl groups is 1. The number of hydrogen-bond acceptors (Lipinski definition) is 3. The van der Waals surface area contributed by atoms with E-state index in [0.717, 1.165) is 5.56 Å². The van der Waals surface area contributed by atoms with Crippen LogP contribution in [0.4, 0.5) is 0 Å². The van der Waals surface area contributed by atoms with E-state index in [4.69, 9.17) is 16.7 Å². The fourth-order valence-corrected chi connectivity index (χ4v) is 2.54. The average Bonchev–Trinajstić information content (AvgIpc) is 2.54. The second-order valence-electron chi connectivity index (χ2n) is 5.57. The molecule has 1 amide bonds. The van der Waals surface area contributed by atoms with Gasteiger partial charge in [0.05, 0.1) is 5.56 Å². The largest absolute Gasteiger partial charge is 0.478 e. The van der Waals surface area contributed by atoms with Crippen LogP contribution in [0.5, 0.6) is 0 Å². The standard InChI is InChI=1S/C18H18ClNO4/c1-11(9-12-5-7-13(8-6-12)18(23)24)20-17(22)16(21)14-3-2-4-15(19)10-14/h2-8,10-11,16,21H,9H2,1H3,(H,20,22)(H,23,24). The Balaban J connectivity index is 1.94. The number of amides is 1. The van der Waals surface area contributed by atoms with Crippen LogP contribution in [0.1, 0.15) is 34.5 Å². The Bertz CT molecular complexity index is 730. The normalized spacial score (nSPS) is 13.1. The molecule has 0 heterocycles. The van der Waals surface area contributed by atoms with Crippen molar-refractivity contribution in [2.45, 2.75) is 25.5 Å². The third-order valence-electron chi connectivity index (χ3n) is 3.54. The van der Waals surface area contributed by atoms with Gasteiger partial charge in [-0.3, -0.25) is 4.79 Å². The first-order chi connectivity index (χ1) is 11.4. The highest BCUT2D eigenvalue weighted by molar-refractivity contribution is 6.30. The lowest BCUT2D eigenvalue weighted by molar-refractivity contribution is -0.130. The third kappa shape index (κ3) is 4.81. The van der Waals surface area contributed by atoms with Gasteiger partial charge in [0.25, 0.3) is 5.91 Å². The van der Waals surface area contributed by atoms with Crippen LogP contribution in [-0.2, 0) is 11.2 Å². The zero-order valence-corrected chi connectivity index (χ0v) is 13.8. The Morgan fingerprint density at radius 1 is 1.17 bits per heavy atom. The summed E-state index contributed by atoms with van der Waals surface area (Å²) in [5.41, 5.74) is 1.54. The summed E-state index contributed by atoms with van der Waals surface area (Å²) >= 11 is 5.86. The summed E-state index contributed by atoms with van der Waals surface area (Å²) in [4.78, 5) is 22.9. The van der Waals surface area contributed by atoms with Crippen molar-refractivity contribution in [3.8, 4) is 0 Å². The lowest BCUT2D eigenvalue weighted by Crippen LogP contribution is -2.37. The number of carboxylic acids is 1. The van der Waals surface area contributed by atoms with Gasteiger partial charge < -0.3 is 15.5 Å². The van der Waals surface area contributed by atoms with Gasteiger partial charge in [0.2, 0.25) is 0 Å². The zero-order valence-electron chi connectivity index (χ0n) is 13.1. The van der Waals surface area contributed by atoms with Crippen LogP contribution in [0.15, 0.2) is 48.5 Å². The molecule has 0 aliphatic heterocycles. The van der Waals surface area contributed by atoms with Crippen LogP contribution in [0.3, 0.4) is 0 Å². The number of hydrogen-bond donors (Lipinski definition) is 3. The van der Waals surface area contributed by atoms with Gasteiger partial charge in [0.15, 0.2) is 6.10 Å². The summed E-state index contributed by atoms with van der Waals surface area (Å²) in [5.74, 6) is -1.49. The molecule has 24 heavy (non-hydrogen) atoms. The molecule has 0 bridgehead atoms. The van der Waals surface area contributed by atoms with Gasteiger partial charge in [-0.05, 0) is 48.7 Å². The molecule has 0 aromatic heterocycles. The highest BCUT2D eigenvalue weighted by atomic mass is 35.5. The molecule has 2 unspecified atom stereocenters. The summed E-state index contributed by atoms with van der Waals surface area (Å²) in [6.07, 6.45) is -0.769. The van der Waals surface area contributed by atoms with Crippen LogP contribution >= 0.6 is 11.6 Å². The van der Waals surface area contributed by atoms with Gasteiger partial charge in [-0.15, -0.1) is 0 Å². The van der Waals surface area contributed by atoms with Crippen molar-refractivity contribution in [1.29, 1.82) is 0 Å². The first-order valence-electron chi connectivity index (χ1n) is 7.43. The lowest BCUT2D eigenvalue weighted by Gasteiger charge is -2.17. The average molecular weight is 348 g/mol. The number of halogens is 1. The van der Waals surface area contributed by atoms with E-state index in [1.807, 2.05) is 6.92 Å².